The second-order valence-electron chi connectivity index (χ2n) is 6.31. The summed E-state index contributed by atoms with van der Waals surface area (Å²) in [6.07, 6.45) is 2.82. The van der Waals surface area contributed by atoms with Crippen LogP contribution in [0.1, 0.15) is 22.3 Å². The Bertz CT molecular complexity index is 955. The van der Waals surface area contributed by atoms with Gasteiger partial charge >= 0.3 is 0 Å². The summed E-state index contributed by atoms with van der Waals surface area (Å²) < 4.78 is 18.5. The minimum atomic E-state index is -0.617. The van der Waals surface area contributed by atoms with Crippen LogP contribution >= 0.6 is 23.4 Å². The summed E-state index contributed by atoms with van der Waals surface area (Å²) in [5.41, 5.74) is 2.05. The topological polar surface area (TPSA) is 80.3 Å². The summed E-state index contributed by atoms with van der Waals surface area (Å²) in [6.45, 7) is 3.82. The summed E-state index contributed by atoms with van der Waals surface area (Å²) in [5, 5.41) is 6.32. The predicted molar refractivity (Wildman–Crippen MR) is 110 cm³/mol. The molecule has 0 fully saturated rings. The van der Waals surface area contributed by atoms with E-state index < -0.39 is 5.82 Å². The molecule has 0 atom stereocenters. The van der Waals surface area contributed by atoms with Crippen molar-refractivity contribution in [2.45, 2.75) is 17.9 Å². The van der Waals surface area contributed by atoms with Crippen LogP contribution in [0.2, 0.25) is 5.02 Å². The van der Waals surface area contributed by atoms with E-state index in [1.54, 1.807) is 18.0 Å². The number of hydrogen-bond donors (Lipinski definition) is 2. The van der Waals surface area contributed by atoms with Crippen LogP contribution in [0.4, 0.5) is 4.39 Å². The third-order valence-corrected chi connectivity index (χ3v) is 5.45. The highest BCUT2D eigenvalue weighted by molar-refractivity contribution is 7.99. The number of pyridine rings is 1. The van der Waals surface area contributed by atoms with Crippen LogP contribution in [0.25, 0.3) is 0 Å². The minimum Gasteiger partial charge on any atom is -0.484 e. The average molecular weight is 436 g/mol. The Labute approximate surface area is 176 Å². The first-order valence-corrected chi connectivity index (χ1v) is 10.2. The molecule has 2 amide bonds. The highest BCUT2D eigenvalue weighted by atomic mass is 35.5. The smallest absolute Gasteiger partial charge is 0.257 e. The second kappa shape index (κ2) is 9.76. The van der Waals surface area contributed by atoms with Crippen molar-refractivity contribution in [3.8, 4) is 5.75 Å². The number of halogens is 2. The zero-order valence-electron chi connectivity index (χ0n) is 15.5. The summed E-state index contributed by atoms with van der Waals surface area (Å²) in [7, 11) is 0. The molecule has 9 heteroatoms. The van der Waals surface area contributed by atoms with E-state index in [0.29, 0.717) is 17.7 Å². The van der Waals surface area contributed by atoms with E-state index in [-0.39, 0.29) is 35.7 Å². The third-order valence-electron chi connectivity index (χ3n) is 4.10. The average Bonchev–Trinajstić information content (AvgIpc) is 3.16. The van der Waals surface area contributed by atoms with Gasteiger partial charge in [-0.05, 0) is 30.2 Å². The van der Waals surface area contributed by atoms with Gasteiger partial charge in [0.05, 0.1) is 15.6 Å². The lowest BCUT2D eigenvalue weighted by atomic mass is 10.1. The number of aromatic nitrogens is 1. The van der Waals surface area contributed by atoms with Gasteiger partial charge in [0, 0.05) is 36.7 Å². The van der Waals surface area contributed by atoms with Crippen LogP contribution in [0.15, 0.2) is 47.8 Å². The summed E-state index contributed by atoms with van der Waals surface area (Å²) in [6, 6.07) is 5.79. The van der Waals surface area contributed by atoms with Crippen molar-refractivity contribution in [1.29, 1.82) is 0 Å². The molecular weight excluding hydrogens is 417 g/mol. The maximum Gasteiger partial charge on any atom is 0.257 e. The summed E-state index contributed by atoms with van der Waals surface area (Å²) in [4.78, 5) is 28.4. The molecule has 0 saturated heterocycles. The number of fused-ring (bicyclic) bond motifs is 1. The first kappa shape index (κ1) is 21.1. The molecule has 0 bridgehead atoms. The number of benzene rings is 1. The number of nitrogens with zero attached hydrogens (tertiary/aromatic N) is 1. The van der Waals surface area contributed by atoms with Gasteiger partial charge < -0.3 is 15.4 Å². The molecule has 29 heavy (non-hydrogen) atoms. The van der Waals surface area contributed by atoms with Crippen molar-refractivity contribution >= 4 is 35.2 Å². The maximum atomic E-state index is 13.3. The van der Waals surface area contributed by atoms with Gasteiger partial charge in [-0.1, -0.05) is 18.2 Å². The number of hydrogen-bond acceptors (Lipinski definition) is 5. The van der Waals surface area contributed by atoms with Gasteiger partial charge in [-0.2, -0.15) is 0 Å². The van der Waals surface area contributed by atoms with Crippen LogP contribution in [0.3, 0.4) is 0 Å². The lowest BCUT2D eigenvalue weighted by molar-refractivity contribution is -0.123. The van der Waals surface area contributed by atoms with Gasteiger partial charge in [-0.3, -0.25) is 9.59 Å². The Hall–Kier alpha value is -2.58. The first-order chi connectivity index (χ1) is 13.9. The van der Waals surface area contributed by atoms with Crippen molar-refractivity contribution in [3.63, 3.8) is 0 Å². The number of aryl methyl sites for hydroxylation is 1. The molecule has 1 aromatic heterocycles. The Kier molecular flexibility index (Phi) is 7.11. The molecule has 1 aliphatic heterocycles. The number of carbonyl (C=O) groups is 2. The molecule has 2 aromatic rings. The molecule has 0 spiro atoms. The van der Waals surface area contributed by atoms with E-state index in [9.17, 15) is 14.0 Å². The van der Waals surface area contributed by atoms with E-state index in [4.69, 9.17) is 16.3 Å². The molecule has 0 aliphatic carbocycles. The van der Waals surface area contributed by atoms with Crippen LogP contribution in [-0.4, -0.2) is 35.7 Å². The third kappa shape index (κ3) is 5.95. The van der Waals surface area contributed by atoms with Gasteiger partial charge in [0.15, 0.2) is 6.61 Å². The molecule has 3 rings (SSSR count). The van der Waals surface area contributed by atoms with E-state index in [1.165, 1.54) is 12.1 Å². The van der Waals surface area contributed by atoms with Crippen molar-refractivity contribution in [2.24, 2.45) is 0 Å². The van der Waals surface area contributed by atoms with E-state index >= 15 is 0 Å². The van der Waals surface area contributed by atoms with Gasteiger partial charge in [-0.25, -0.2) is 9.37 Å². The Balaban J connectivity index is 1.37. The summed E-state index contributed by atoms with van der Waals surface area (Å²) in [5.74, 6) is -0.0771. The number of carbonyl (C=O) groups excluding carboxylic acids is 2. The SMILES string of the molecule is C=C(CCNC(=O)COc1ccc(Cl)c(F)c1)NC(=O)c1cnc2c(c1)CCS2. The number of nitrogens with one attached hydrogen (secondary N) is 2. The lowest BCUT2D eigenvalue weighted by Gasteiger charge is -2.11. The fourth-order valence-corrected chi connectivity index (χ4v) is 3.71. The number of rotatable bonds is 8. The first-order valence-electron chi connectivity index (χ1n) is 8.88. The maximum absolute atomic E-state index is 13.3. The fraction of sp³-hybridized carbons (Fsp3) is 0.250. The van der Waals surface area contributed by atoms with Crippen LogP contribution in [-0.2, 0) is 11.2 Å². The molecule has 1 aliphatic rings. The van der Waals surface area contributed by atoms with E-state index in [0.717, 1.165) is 28.8 Å². The largest absolute Gasteiger partial charge is 0.484 e. The molecular formula is C20H19ClFN3O3S. The normalized spacial score (nSPS) is 12.2. The van der Waals surface area contributed by atoms with Crippen molar-refractivity contribution in [1.82, 2.24) is 15.6 Å². The Morgan fingerprint density at radius 3 is 2.97 bits per heavy atom. The van der Waals surface area contributed by atoms with Crippen LogP contribution < -0.4 is 15.4 Å². The molecule has 0 saturated carbocycles. The van der Waals surface area contributed by atoms with Crippen molar-refractivity contribution in [3.05, 3.63) is 64.7 Å². The molecule has 1 aromatic carbocycles. The van der Waals surface area contributed by atoms with E-state index in [1.807, 2.05) is 6.07 Å². The second-order valence-corrected chi connectivity index (χ2v) is 7.80. The zero-order chi connectivity index (χ0) is 20.8. The standard InChI is InChI=1S/C20H19ClFN3O3S/c1-12(25-19(27)14-8-13-5-7-29-20(13)24-10-14)4-6-23-18(26)11-28-15-2-3-16(21)17(22)9-15/h2-3,8-10H,1,4-7,11H2,(H,23,26)(H,25,27). The molecule has 2 N–H and O–H groups in total. The van der Waals surface area contributed by atoms with Crippen molar-refractivity contribution < 1.29 is 18.7 Å². The molecule has 2 heterocycles. The van der Waals surface area contributed by atoms with Gasteiger partial charge in [0.1, 0.15) is 11.6 Å². The van der Waals surface area contributed by atoms with Gasteiger partial charge in [-0.15, -0.1) is 11.8 Å². The monoisotopic (exact) mass is 435 g/mol. The quantitative estimate of drug-likeness (QED) is 0.664. The number of ether oxygens (including phenoxy) is 1. The number of thioether (sulfide) groups is 1. The van der Waals surface area contributed by atoms with Gasteiger partial charge in [0.25, 0.3) is 11.8 Å². The van der Waals surface area contributed by atoms with E-state index in [2.05, 4.69) is 22.2 Å². The molecule has 6 nitrogen and oxygen atoms in total. The Morgan fingerprint density at radius 1 is 1.34 bits per heavy atom. The van der Waals surface area contributed by atoms with Gasteiger partial charge in [0.2, 0.25) is 0 Å². The zero-order valence-corrected chi connectivity index (χ0v) is 17.0. The highest BCUT2D eigenvalue weighted by Gasteiger charge is 2.16. The molecule has 0 radical (unpaired) electrons. The fourth-order valence-electron chi connectivity index (χ4n) is 2.60. The number of amides is 2. The Morgan fingerprint density at radius 2 is 2.17 bits per heavy atom. The lowest BCUT2D eigenvalue weighted by Crippen LogP contribution is -2.31. The molecule has 0 unspecified atom stereocenters. The summed E-state index contributed by atoms with van der Waals surface area (Å²) >= 11 is 7.27. The van der Waals surface area contributed by atoms with Crippen LogP contribution in [0, 0.1) is 5.82 Å². The van der Waals surface area contributed by atoms with Crippen LogP contribution in [0.5, 0.6) is 5.75 Å². The minimum absolute atomic E-state index is 0.0167. The predicted octanol–water partition coefficient (Wildman–Crippen LogP) is 3.35. The highest BCUT2D eigenvalue weighted by Crippen LogP contribution is 2.29. The molecule has 152 valence electrons. The van der Waals surface area contributed by atoms with Crippen molar-refractivity contribution in [2.75, 3.05) is 18.9 Å².